The number of nitriles is 1. The van der Waals surface area contributed by atoms with Crippen LogP contribution >= 0.6 is 0 Å². The average Bonchev–Trinajstić information content (AvgIpc) is 2.58. The largest absolute Gasteiger partial charge is 0.490 e. The Balaban J connectivity index is 1.80. The highest BCUT2D eigenvalue weighted by Gasteiger charge is 2.07. The van der Waals surface area contributed by atoms with E-state index in [0.29, 0.717) is 23.8 Å². The Morgan fingerprint density at radius 3 is 2.86 bits per heavy atom. The van der Waals surface area contributed by atoms with E-state index in [1.165, 1.54) is 6.20 Å². The molecule has 0 aliphatic carbocycles. The predicted octanol–water partition coefficient (Wildman–Crippen LogP) is 1.70. The third-order valence-electron chi connectivity index (χ3n) is 2.95. The molecular weight excluding hydrogens is 280 g/mol. The number of hydrogen-bond acceptors (Lipinski definition) is 6. The maximum Gasteiger partial charge on any atom is 0.214 e. The summed E-state index contributed by atoms with van der Waals surface area (Å²) in [6.07, 6.45) is 5.90. The van der Waals surface area contributed by atoms with E-state index in [0.717, 1.165) is 12.0 Å². The summed E-state index contributed by atoms with van der Waals surface area (Å²) in [5.41, 5.74) is 7.56. The summed E-state index contributed by atoms with van der Waals surface area (Å²) in [4.78, 5) is 8.13. The standard InChI is InChI=1S/C16H18N4O2/c1-2-12-5-15(9-19-8-12)21-10-14(18)11-22-16-6-13(7-17)3-4-20-16/h3-6,8-9,14H,2,10-11,18H2,1H3/t14-/m1/s1. The van der Waals surface area contributed by atoms with Crippen LogP contribution in [-0.4, -0.2) is 29.2 Å². The molecule has 0 saturated heterocycles. The molecule has 2 rings (SSSR count). The van der Waals surface area contributed by atoms with Crippen LogP contribution in [0.2, 0.25) is 0 Å². The van der Waals surface area contributed by atoms with Crippen LogP contribution in [-0.2, 0) is 6.42 Å². The van der Waals surface area contributed by atoms with Crippen molar-refractivity contribution in [2.45, 2.75) is 19.4 Å². The highest BCUT2D eigenvalue weighted by Crippen LogP contribution is 2.12. The monoisotopic (exact) mass is 298 g/mol. The van der Waals surface area contributed by atoms with E-state index in [9.17, 15) is 0 Å². The second kappa shape index (κ2) is 7.96. The van der Waals surface area contributed by atoms with Crippen molar-refractivity contribution in [1.82, 2.24) is 9.97 Å². The van der Waals surface area contributed by atoms with Crippen LogP contribution < -0.4 is 15.2 Å². The zero-order valence-electron chi connectivity index (χ0n) is 12.4. The third kappa shape index (κ3) is 4.72. The van der Waals surface area contributed by atoms with E-state index in [4.69, 9.17) is 20.5 Å². The van der Waals surface area contributed by atoms with E-state index >= 15 is 0 Å². The van der Waals surface area contributed by atoms with Crippen LogP contribution in [0.4, 0.5) is 0 Å². The van der Waals surface area contributed by atoms with Crippen molar-refractivity contribution >= 4 is 0 Å². The van der Waals surface area contributed by atoms with Crippen molar-refractivity contribution in [3.63, 3.8) is 0 Å². The zero-order valence-corrected chi connectivity index (χ0v) is 12.4. The van der Waals surface area contributed by atoms with Crippen LogP contribution in [0.15, 0.2) is 36.8 Å². The first kappa shape index (κ1) is 15.7. The first-order chi connectivity index (χ1) is 10.7. The first-order valence-electron chi connectivity index (χ1n) is 7.02. The van der Waals surface area contributed by atoms with Gasteiger partial charge in [-0.15, -0.1) is 0 Å². The maximum absolute atomic E-state index is 8.81. The average molecular weight is 298 g/mol. The molecule has 0 amide bonds. The van der Waals surface area contributed by atoms with Gasteiger partial charge in [0.2, 0.25) is 5.88 Å². The highest BCUT2D eigenvalue weighted by atomic mass is 16.5. The summed E-state index contributed by atoms with van der Waals surface area (Å²) in [7, 11) is 0. The Bertz CT molecular complexity index is 655. The van der Waals surface area contributed by atoms with E-state index in [1.807, 2.05) is 18.3 Å². The molecule has 2 aromatic heterocycles. The van der Waals surface area contributed by atoms with Crippen molar-refractivity contribution in [3.05, 3.63) is 47.9 Å². The first-order valence-corrected chi connectivity index (χ1v) is 7.02. The number of ether oxygens (including phenoxy) is 2. The van der Waals surface area contributed by atoms with E-state index in [-0.39, 0.29) is 12.6 Å². The molecule has 22 heavy (non-hydrogen) atoms. The Labute approximate surface area is 129 Å². The summed E-state index contributed by atoms with van der Waals surface area (Å²) in [5.74, 6) is 1.07. The predicted molar refractivity (Wildman–Crippen MR) is 81.5 cm³/mol. The number of nitrogens with two attached hydrogens (primary N) is 1. The van der Waals surface area contributed by atoms with Gasteiger partial charge >= 0.3 is 0 Å². The van der Waals surface area contributed by atoms with Gasteiger partial charge in [-0.25, -0.2) is 4.98 Å². The summed E-state index contributed by atoms with van der Waals surface area (Å²) in [6.45, 7) is 2.62. The lowest BCUT2D eigenvalue weighted by atomic mass is 10.2. The van der Waals surface area contributed by atoms with Crippen LogP contribution in [0.25, 0.3) is 0 Å². The van der Waals surface area contributed by atoms with Crippen LogP contribution in [0.1, 0.15) is 18.1 Å². The Morgan fingerprint density at radius 2 is 2.09 bits per heavy atom. The van der Waals surface area contributed by atoms with Crippen molar-refractivity contribution in [2.75, 3.05) is 13.2 Å². The number of aromatic nitrogens is 2. The van der Waals surface area contributed by atoms with Gasteiger partial charge in [-0.05, 0) is 24.1 Å². The Morgan fingerprint density at radius 1 is 1.27 bits per heavy atom. The van der Waals surface area contributed by atoms with Crippen molar-refractivity contribution in [2.24, 2.45) is 5.73 Å². The van der Waals surface area contributed by atoms with Gasteiger partial charge < -0.3 is 15.2 Å². The van der Waals surface area contributed by atoms with Gasteiger partial charge in [-0.2, -0.15) is 5.26 Å². The molecule has 2 N–H and O–H groups in total. The molecule has 2 heterocycles. The molecule has 0 radical (unpaired) electrons. The lowest BCUT2D eigenvalue weighted by Gasteiger charge is -2.14. The molecular formula is C16H18N4O2. The molecule has 0 fully saturated rings. The molecule has 1 atom stereocenters. The molecule has 0 saturated carbocycles. The smallest absolute Gasteiger partial charge is 0.214 e. The van der Waals surface area contributed by atoms with Gasteiger partial charge in [0.15, 0.2) is 0 Å². The fourth-order valence-electron chi connectivity index (χ4n) is 1.74. The molecule has 0 aliphatic rings. The van der Waals surface area contributed by atoms with Gasteiger partial charge in [0.05, 0.1) is 23.9 Å². The SMILES string of the molecule is CCc1cncc(OC[C@@H](N)COc2cc(C#N)ccn2)c1. The number of aryl methyl sites for hydroxylation is 1. The van der Waals surface area contributed by atoms with E-state index in [1.54, 1.807) is 18.3 Å². The van der Waals surface area contributed by atoms with E-state index in [2.05, 4.69) is 16.9 Å². The maximum atomic E-state index is 8.81. The summed E-state index contributed by atoms with van der Waals surface area (Å²) in [5, 5.41) is 8.81. The van der Waals surface area contributed by atoms with Crippen LogP contribution in [0, 0.1) is 11.3 Å². The molecule has 0 bridgehead atoms. The minimum atomic E-state index is -0.308. The minimum absolute atomic E-state index is 0.253. The summed E-state index contributed by atoms with van der Waals surface area (Å²) in [6, 6.07) is 6.85. The molecule has 0 spiro atoms. The number of rotatable bonds is 7. The number of pyridine rings is 2. The second-order valence-corrected chi connectivity index (χ2v) is 4.76. The molecule has 6 nitrogen and oxygen atoms in total. The molecule has 0 unspecified atom stereocenters. The fourth-order valence-corrected chi connectivity index (χ4v) is 1.74. The normalized spacial score (nSPS) is 11.5. The zero-order chi connectivity index (χ0) is 15.8. The van der Waals surface area contributed by atoms with Gasteiger partial charge in [0.1, 0.15) is 19.0 Å². The lowest BCUT2D eigenvalue weighted by molar-refractivity contribution is 0.215. The van der Waals surface area contributed by atoms with E-state index < -0.39 is 0 Å². The molecule has 0 aliphatic heterocycles. The molecule has 114 valence electrons. The molecule has 6 heteroatoms. The highest BCUT2D eigenvalue weighted by molar-refractivity contribution is 5.31. The van der Waals surface area contributed by atoms with Crippen molar-refractivity contribution in [1.29, 1.82) is 5.26 Å². The quantitative estimate of drug-likeness (QED) is 0.836. The molecule has 2 aromatic rings. The minimum Gasteiger partial charge on any atom is -0.490 e. The lowest BCUT2D eigenvalue weighted by Crippen LogP contribution is -2.34. The fraction of sp³-hybridized carbons (Fsp3) is 0.312. The summed E-state index contributed by atoms with van der Waals surface area (Å²) < 4.78 is 11.1. The number of hydrogen-bond donors (Lipinski definition) is 1. The number of nitrogens with zero attached hydrogens (tertiary/aromatic N) is 3. The van der Waals surface area contributed by atoms with Crippen molar-refractivity contribution in [3.8, 4) is 17.7 Å². The third-order valence-corrected chi connectivity index (χ3v) is 2.95. The van der Waals surface area contributed by atoms with Gasteiger partial charge in [-0.1, -0.05) is 6.92 Å². The second-order valence-electron chi connectivity index (χ2n) is 4.76. The van der Waals surface area contributed by atoms with Crippen LogP contribution in [0.3, 0.4) is 0 Å². The Kier molecular flexibility index (Phi) is 5.69. The van der Waals surface area contributed by atoms with Gasteiger partial charge in [0, 0.05) is 18.5 Å². The van der Waals surface area contributed by atoms with Gasteiger partial charge in [-0.3, -0.25) is 4.98 Å². The summed E-state index contributed by atoms with van der Waals surface area (Å²) >= 11 is 0. The van der Waals surface area contributed by atoms with Gasteiger partial charge in [0.25, 0.3) is 0 Å². The topological polar surface area (TPSA) is 94.0 Å². The Hall–Kier alpha value is -2.65. The van der Waals surface area contributed by atoms with Crippen LogP contribution in [0.5, 0.6) is 11.6 Å². The molecule has 0 aromatic carbocycles. The van der Waals surface area contributed by atoms with Crippen molar-refractivity contribution < 1.29 is 9.47 Å².